The Kier molecular flexibility index (Phi) is 3.98. The molecule has 0 N–H and O–H groups in total. The Labute approximate surface area is 106 Å². The van der Waals surface area contributed by atoms with Gasteiger partial charge in [0, 0.05) is 11.8 Å². The van der Waals surface area contributed by atoms with E-state index < -0.39 is 16.6 Å². The zero-order valence-corrected chi connectivity index (χ0v) is 13.8. The summed E-state index contributed by atoms with van der Waals surface area (Å²) in [5.74, 6) is 0.660. The fourth-order valence-electron chi connectivity index (χ4n) is 1.13. The van der Waals surface area contributed by atoms with Crippen LogP contribution in [0.1, 0.15) is 5.56 Å². The van der Waals surface area contributed by atoms with Gasteiger partial charge in [-0.2, -0.15) is 4.98 Å². The first-order valence-electron chi connectivity index (χ1n) is 5.78. The Balaban J connectivity index is 2.95. The second-order valence-electron chi connectivity index (χ2n) is 6.07. The van der Waals surface area contributed by atoms with Crippen molar-refractivity contribution in [3.05, 3.63) is 11.8 Å². The molecule has 1 aromatic heterocycles. The van der Waals surface area contributed by atoms with Crippen molar-refractivity contribution in [1.29, 1.82) is 0 Å². The van der Waals surface area contributed by atoms with Crippen LogP contribution in [0.25, 0.3) is 0 Å². The first-order chi connectivity index (χ1) is 7.57. The van der Waals surface area contributed by atoms with E-state index in [1.165, 1.54) is 0 Å². The quantitative estimate of drug-likeness (QED) is 0.788. The number of aromatic nitrogens is 2. The van der Waals surface area contributed by atoms with E-state index in [1.54, 1.807) is 6.20 Å². The summed E-state index contributed by atoms with van der Waals surface area (Å²) in [5, 5.41) is 0. The van der Waals surface area contributed by atoms with E-state index in [0.29, 0.717) is 11.9 Å². The highest BCUT2D eigenvalue weighted by atomic mass is 28.4. The van der Waals surface area contributed by atoms with E-state index in [4.69, 9.17) is 8.85 Å². The summed E-state index contributed by atoms with van der Waals surface area (Å²) in [4.78, 5) is 8.55. The zero-order valence-electron chi connectivity index (χ0n) is 11.8. The summed E-state index contributed by atoms with van der Waals surface area (Å²) in [6, 6.07) is 0.433. The average molecular weight is 270 g/mol. The molecule has 0 radical (unpaired) electrons. The number of rotatable bonds is 4. The summed E-state index contributed by atoms with van der Waals surface area (Å²) in [7, 11) is -3.31. The largest absolute Gasteiger partial charge is 0.531 e. The molecule has 0 amide bonds. The molecule has 0 aromatic carbocycles. The molecule has 0 bridgehead atoms. The van der Waals surface area contributed by atoms with E-state index in [2.05, 4.69) is 49.3 Å². The van der Waals surface area contributed by atoms with Crippen LogP contribution in [0, 0.1) is 6.92 Å². The molecule has 96 valence electrons. The molecule has 17 heavy (non-hydrogen) atoms. The smallest absolute Gasteiger partial charge is 0.305 e. The average Bonchev–Trinajstić information content (AvgIpc) is 2.05. The molecular weight excluding hydrogens is 248 g/mol. The molecule has 0 fully saturated rings. The molecule has 0 spiro atoms. The van der Waals surface area contributed by atoms with Gasteiger partial charge in [-0.15, -0.1) is 0 Å². The molecule has 0 saturated heterocycles. The van der Waals surface area contributed by atoms with Gasteiger partial charge in [0.15, 0.2) is 0 Å². The van der Waals surface area contributed by atoms with Crippen molar-refractivity contribution in [2.24, 2.45) is 0 Å². The number of nitrogens with zero attached hydrogens (tertiary/aromatic N) is 2. The Hall–Kier alpha value is -0.886. The van der Waals surface area contributed by atoms with E-state index in [9.17, 15) is 0 Å². The third kappa shape index (κ3) is 5.31. The topological polar surface area (TPSA) is 44.2 Å². The minimum Gasteiger partial charge on any atom is -0.531 e. The molecule has 0 aliphatic heterocycles. The standard InChI is InChI=1S/C11H22N2O2Si2/c1-9-8-12-11(15-17(5,6)7)13-10(9)14-16(2,3)4/h8H,1-7H3. The van der Waals surface area contributed by atoms with Gasteiger partial charge in [-0.25, -0.2) is 4.98 Å². The lowest BCUT2D eigenvalue weighted by Gasteiger charge is -2.21. The van der Waals surface area contributed by atoms with Gasteiger partial charge in [-0.1, -0.05) is 0 Å². The minimum atomic E-state index is -1.67. The van der Waals surface area contributed by atoms with Crippen LogP contribution in [0.5, 0.6) is 11.9 Å². The van der Waals surface area contributed by atoms with Gasteiger partial charge < -0.3 is 8.85 Å². The number of aryl methyl sites for hydroxylation is 1. The van der Waals surface area contributed by atoms with E-state index in [-0.39, 0.29) is 0 Å². The summed E-state index contributed by atoms with van der Waals surface area (Å²) >= 11 is 0. The summed E-state index contributed by atoms with van der Waals surface area (Å²) < 4.78 is 11.7. The second-order valence-corrected chi connectivity index (χ2v) is 14.9. The van der Waals surface area contributed by atoms with E-state index in [1.807, 2.05) is 6.92 Å². The summed E-state index contributed by atoms with van der Waals surface area (Å²) in [6.07, 6.45) is 1.76. The maximum Gasteiger partial charge on any atom is 0.305 e. The molecule has 0 saturated carbocycles. The normalized spacial score (nSPS) is 12.4. The van der Waals surface area contributed by atoms with Gasteiger partial charge in [0.2, 0.25) is 22.5 Å². The predicted molar refractivity (Wildman–Crippen MR) is 74.7 cm³/mol. The first-order valence-corrected chi connectivity index (χ1v) is 12.6. The Morgan fingerprint density at radius 1 is 0.941 bits per heavy atom. The van der Waals surface area contributed by atoms with Gasteiger partial charge >= 0.3 is 6.01 Å². The van der Waals surface area contributed by atoms with Crippen LogP contribution in [0.15, 0.2) is 6.20 Å². The summed E-state index contributed by atoms with van der Waals surface area (Å²) in [5.41, 5.74) is 0.954. The van der Waals surface area contributed by atoms with Crippen molar-refractivity contribution in [1.82, 2.24) is 9.97 Å². The monoisotopic (exact) mass is 270 g/mol. The van der Waals surface area contributed by atoms with Gasteiger partial charge in [-0.3, -0.25) is 0 Å². The minimum absolute atomic E-state index is 0.433. The van der Waals surface area contributed by atoms with Gasteiger partial charge in [0.1, 0.15) is 0 Å². The highest BCUT2D eigenvalue weighted by Crippen LogP contribution is 2.21. The molecule has 0 aliphatic rings. The number of hydrogen-bond donors (Lipinski definition) is 0. The van der Waals surface area contributed by atoms with E-state index >= 15 is 0 Å². The van der Waals surface area contributed by atoms with Crippen LogP contribution < -0.4 is 8.85 Å². The van der Waals surface area contributed by atoms with Crippen LogP contribution in [0.4, 0.5) is 0 Å². The van der Waals surface area contributed by atoms with Gasteiger partial charge in [0.25, 0.3) is 0 Å². The maximum absolute atomic E-state index is 5.91. The fourth-order valence-corrected chi connectivity index (χ4v) is 2.56. The van der Waals surface area contributed by atoms with Crippen LogP contribution in [0.3, 0.4) is 0 Å². The molecule has 4 nitrogen and oxygen atoms in total. The maximum atomic E-state index is 5.91. The van der Waals surface area contributed by atoms with Crippen LogP contribution >= 0.6 is 0 Å². The van der Waals surface area contributed by atoms with Crippen molar-refractivity contribution < 1.29 is 8.85 Å². The van der Waals surface area contributed by atoms with Crippen molar-refractivity contribution >= 4 is 16.6 Å². The van der Waals surface area contributed by atoms with E-state index in [0.717, 1.165) is 5.56 Å². The molecule has 1 aromatic rings. The van der Waals surface area contributed by atoms with Crippen LogP contribution in [0.2, 0.25) is 39.3 Å². The van der Waals surface area contributed by atoms with Crippen molar-refractivity contribution in [2.75, 3.05) is 0 Å². The Bertz CT molecular complexity index is 397. The zero-order chi connectivity index (χ0) is 13.3. The lowest BCUT2D eigenvalue weighted by atomic mass is 10.4. The van der Waals surface area contributed by atoms with Crippen molar-refractivity contribution in [2.45, 2.75) is 46.2 Å². The Morgan fingerprint density at radius 3 is 1.94 bits per heavy atom. The molecule has 1 rings (SSSR count). The SMILES string of the molecule is Cc1cnc(O[Si](C)(C)C)nc1O[Si](C)(C)C. The van der Waals surface area contributed by atoms with Crippen molar-refractivity contribution in [3.8, 4) is 11.9 Å². The molecule has 1 heterocycles. The lowest BCUT2D eigenvalue weighted by Crippen LogP contribution is -2.32. The lowest BCUT2D eigenvalue weighted by molar-refractivity contribution is 0.472. The van der Waals surface area contributed by atoms with Crippen LogP contribution in [-0.2, 0) is 0 Å². The first kappa shape index (κ1) is 14.2. The Morgan fingerprint density at radius 2 is 1.47 bits per heavy atom. The van der Waals surface area contributed by atoms with Crippen LogP contribution in [-0.4, -0.2) is 26.6 Å². The molecule has 6 heteroatoms. The van der Waals surface area contributed by atoms with Crippen molar-refractivity contribution in [3.63, 3.8) is 0 Å². The number of hydrogen-bond acceptors (Lipinski definition) is 4. The predicted octanol–water partition coefficient (Wildman–Crippen LogP) is 3.21. The van der Waals surface area contributed by atoms with Gasteiger partial charge in [-0.05, 0) is 46.2 Å². The second kappa shape index (κ2) is 4.77. The fraction of sp³-hybridized carbons (Fsp3) is 0.636. The van der Waals surface area contributed by atoms with Gasteiger partial charge in [0.05, 0.1) is 0 Å². The molecule has 0 aliphatic carbocycles. The third-order valence-electron chi connectivity index (χ3n) is 1.70. The molecule has 0 unspecified atom stereocenters. The summed E-state index contributed by atoms with van der Waals surface area (Å²) in [6.45, 7) is 14.7. The highest BCUT2D eigenvalue weighted by molar-refractivity contribution is 6.70. The molecule has 0 atom stereocenters. The highest BCUT2D eigenvalue weighted by Gasteiger charge is 2.21. The third-order valence-corrected chi connectivity index (χ3v) is 3.30. The molecular formula is C11H22N2O2Si2.